The van der Waals surface area contributed by atoms with Crippen molar-refractivity contribution in [2.45, 2.75) is 45.1 Å². The highest BCUT2D eigenvalue weighted by Crippen LogP contribution is 2.32. The largest absolute Gasteiger partial charge is 0.371 e. The van der Waals surface area contributed by atoms with Gasteiger partial charge < -0.3 is 9.80 Å². The van der Waals surface area contributed by atoms with E-state index in [2.05, 4.69) is 47.2 Å². The van der Waals surface area contributed by atoms with Crippen molar-refractivity contribution in [1.29, 1.82) is 0 Å². The number of aromatic nitrogens is 3. The number of hydrogen-bond acceptors (Lipinski definition) is 5. The van der Waals surface area contributed by atoms with Crippen molar-refractivity contribution in [2.24, 2.45) is 0 Å². The van der Waals surface area contributed by atoms with Gasteiger partial charge >= 0.3 is 0 Å². The molecule has 214 valence electrons. The second-order valence-corrected chi connectivity index (χ2v) is 11.5. The van der Waals surface area contributed by atoms with Gasteiger partial charge in [0, 0.05) is 31.1 Å². The molecule has 0 aliphatic carbocycles. The van der Waals surface area contributed by atoms with Crippen LogP contribution in [0.2, 0.25) is 0 Å². The van der Waals surface area contributed by atoms with E-state index < -0.39 is 0 Å². The van der Waals surface area contributed by atoms with E-state index in [1.54, 1.807) is 0 Å². The third-order valence-electron chi connectivity index (χ3n) is 8.27. The normalized spacial score (nSPS) is 11.8. The Morgan fingerprint density at radius 2 is 1.38 bits per heavy atom. The first kappa shape index (κ1) is 27.9. The molecule has 0 aliphatic rings. The lowest BCUT2D eigenvalue weighted by atomic mass is 10.1. The monoisotopic (exact) mass is 557 g/mol. The van der Waals surface area contributed by atoms with E-state index >= 15 is 0 Å². The van der Waals surface area contributed by atoms with Crippen LogP contribution >= 0.6 is 0 Å². The lowest BCUT2D eigenvalue weighted by molar-refractivity contribution is 0.316. The summed E-state index contributed by atoms with van der Waals surface area (Å²) in [7, 11) is 4.24. The van der Waals surface area contributed by atoms with Crippen molar-refractivity contribution in [3.05, 3.63) is 107 Å². The Kier molecular flexibility index (Phi) is 8.42. The minimum atomic E-state index is 0.0550. The third kappa shape index (κ3) is 5.86. The van der Waals surface area contributed by atoms with Gasteiger partial charge in [0.15, 0.2) is 5.82 Å². The van der Waals surface area contributed by atoms with Gasteiger partial charge in [-0.05, 0) is 44.1 Å². The van der Waals surface area contributed by atoms with Gasteiger partial charge in [-0.3, -0.25) is 4.79 Å². The summed E-state index contributed by atoms with van der Waals surface area (Å²) in [5.41, 5.74) is 5.62. The quantitative estimate of drug-likeness (QED) is 0.138. The van der Waals surface area contributed by atoms with Crippen LogP contribution in [0.5, 0.6) is 0 Å². The van der Waals surface area contributed by atoms with Gasteiger partial charge in [0.1, 0.15) is 5.52 Å². The van der Waals surface area contributed by atoms with E-state index in [9.17, 15) is 4.79 Å². The number of para-hydroxylation sites is 1. The SMILES string of the molecule is CN(CCCCCCCCN(C)c1cc2nc(-c3ccccc3)nn3c4ccccc4c(c1=O)c23)Cc1ccccc1. The van der Waals surface area contributed by atoms with E-state index in [1.807, 2.05) is 72.2 Å². The highest BCUT2D eigenvalue weighted by molar-refractivity contribution is 6.14. The van der Waals surface area contributed by atoms with Crippen molar-refractivity contribution < 1.29 is 0 Å². The molecular weight excluding hydrogens is 518 g/mol. The van der Waals surface area contributed by atoms with Gasteiger partial charge in [0.25, 0.3) is 0 Å². The summed E-state index contributed by atoms with van der Waals surface area (Å²) in [6, 6.07) is 30.7. The zero-order valence-corrected chi connectivity index (χ0v) is 24.7. The molecule has 42 heavy (non-hydrogen) atoms. The van der Waals surface area contributed by atoms with Gasteiger partial charge in [-0.15, -0.1) is 5.10 Å². The number of benzene rings is 4. The maximum atomic E-state index is 13.9. The summed E-state index contributed by atoms with van der Waals surface area (Å²) < 4.78 is 1.90. The summed E-state index contributed by atoms with van der Waals surface area (Å²) in [5.74, 6) is 0.657. The number of nitrogens with zero attached hydrogens (tertiary/aromatic N) is 5. The van der Waals surface area contributed by atoms with Crippen molar-refractivity contribution in [2.75, 3.05) is 32.1 Å². The van der Waals surface area contributed by atoms with Crippen molar-refractivity contribution in [1.82, 2.24) is 19.5 Å². The topological polar surface area (TPSA) is 53.7 Å². The Hall–Kier alpha value is -4.29. The van der Waals surface area contributed by atoms with Gasteiger partial charge in [-0.25, -0.2) is 9.50 Å². The smallest absolute Gasteiger partial charge is 0.212 e. The maximum Gasteiger partial charge on any atom is 0.212 e. The van der Waals surface area contributed by atoms with Gasteiger partial charge in [0.05, 0.1) is 22.1 Å². The third-order valence-corrected chi connectivity index (χ3v) is 8.27. The van der Waals surface area contributed by atoms with Crippen LogP contribution in [-0.2, 0) is 6.54 Å². The molecule has 6 heteroatoms. The summed E-state index contributed by atoms with van der Waals surface area (Å²) >= 11 is 0. The summed E-state index contributed by atoms with van der Waals surface area (Å²) in [4.78, 5) is 23.3. The molecular formula is C36H39N5O. The van der Waals surface area contributed by atoms with E-state index in [0.717, 1.165) is 53.6 Å². The predicted octanol–water partition coefficient (Wildman–Crippen LogP) is 7.41. The van der Waals surface area contributed by atoms with Crippen LogP contribution in [0, 0.1) is 0 Å². The average molecular weight is 558 g/mol. The fourth-order valence-corrected chi connectivity index (χ4v) is 6.03. The molecule has 0 spiro atoms. The first-order valence-electron chi connectivity index (χ1n) is 15.2. The summed E-state index contributed by atoms with van der Waals surface area (Å²) in [5, 5.41) is 6.51. The Bertz CT molecular complexity index is 1820. The molecule has 0 atom stereocenters. The molecule has 6 nitrogen and oxygen atoms in total. The number of fused-ring (bicyclic) bond motifs is 3. The van der Waals surface area contributed by atoms with E-state index in [-0.39, 0.29) is 5.43 Å². The summed E-state index contributed by atoms with van der Waals surface area (Å²) in [6.07, 6.45) is 7.21. The highest BCUT2D eigenvalue weighted by Gasteiger charge is 2.21. The molecule has 6 aromatic rings. The molecule has 4 aromatic carbocycles. The van der Waals surface area contributed by atoms with Crippen LogP contribution < -0.4 is 10.3 Å². The molecule has 2 heterocycles. The number of rotatable bonds is 13. The Labute approximate surface area is 247 Å². The lowest BCUT2D eigenvalue weighted by Gasteiger charge is -2.19. The number of anilines is 1. The molecule has 6 rings (SSSR count). The first-order valence-corrected chi connectivity index (χ1v) is 15.2. The van der Waals surface area contributed by atoms with Crippen LogP contribution in [0.4, 0.5) is 5.69 Å². The molecule has 0 aliphatic heterocycles. The fraction of sp³-hybridized carbons (Fsp3) is 0.306. The number of hydrogen-bond donors (Lipinski definition) is 0. The Morgan fingerprint density at radius 3 is 2.14 bits per heavy atom. The van der Waals surface area contributed by atoms with Crippen LogP contribution in [-0.4, -0.2) is 46.7 Å². The van der Waals surface area contributed by atoms with Crippen LogP contribution in [0.15, 0.2) is 95.8 Å². The second kappa shape index (κ2) is 12.7. The van der Waals surface area contributed by atoms with E-state index in [4.69, 9.17) is 10.1 Å². The zero-order chi connectivity index (χ0) is 28.9. The number of unbranched alkanes of at least 4 members (excludes halogenated alkanes) is 5. The molecule has 2 aromatic heterocycles. The molecule has 0 radical (unpaired) electrons. The molecule has 0 saturated heterocycles. The van der Waals surface area contributed by atoms with Crippen LogP contribution in [0.3, 0.4) is 0 Å². The van der Waals surface area contributed by atoms with Crippen molar-refractivity contribution in [3.63, 3.8) is 0 Å². The maximum absolute atomic E-state index is 13.9. The lowest BCUT2D eigenvalue weighted by Crippen LogP contribution is -2.25. The molecule has 0 saturated carbocycles. The Morgan fingerprint density at radius 1 is 0.738 bits per heavy atom. The van der Waals surface area contributed by atoms with E-state index in [1.165, 1.54) is 37.7 Å². The average Bonchev–Trinajstić information content (AvgIpc) is 3.36. The van der Waals surface area contributed by atoms with Gasteiger partial charge in [0.2, 0.25) is 5.43 Å². The second-order valence-electron chi connectivity index (χ2n) is 11.5. The first-order chi connectivity index (χ1) is 20.6. The van der Waals surface area contributed by atoms with E-state index in [0.29, 0.717) is 16.9 Å². The molecule has 0 N–H and O–H groups in total. The minimum absolute atomic E-state index is 0.0550. The van der Waals surface area contributed by atoms with Crippen LogP contribution in [0.1, 0.15) is 44.1 Å². The fourth-order valence-electron chi connectivity index (χ4n) is 6.03. The van der Waals surface area contributed by atoms with Gasteiger partial charge in [-0.1, -0.05) is 105 Å². The molecule has 0 fully saturated rings. The molecule has 0 bridgehead atoms. The van der Waals surface area contributed by atoms with Gasteiger partial charge in [-0.2, -0.15) is 0 Å². The Balaban J connectivity index is 1.10. The molecule has 0 unspecified atom stereocenters. The minimum Gasteiger partial charge on any atom is -0.371 e. The highest BCUT2D eigenvalue weighted by atomic mass is 16.1. The standard InChI is InChI=1S/C36H39N5O/c1-39(26-27-17-9-7-10-18-27)23-15-5-3-4-6-16-24-40(2)32-25-30-34-33(35(32)42)29-21-13-14-22-31(29)41(34)38-36(37-30)28-19-11-8-12-20-28/h7-14,17-22,25H,3-6,15-16,23-24,26H2,1-2H3. The van der Waals surface area contributed by atoms with Crippen molar-refractivity contribution >= 4 is 33.0 Å². The zero-order valence-electron chi connectivity index (χ0n) is 24.7. The summed E-state index contributed by atoms with van der Waals surface area (Å²) in [6.45, 7) is 2.99. The molecule has 0 amide bonds. The van der Waals surface area contributed by atoms with Crippen LogP contribution in [0.25, 0.3) is 38.7 Å². The van der Waals surface area contributed by atoms with Crippen molar-refractivity contribution in [3.8, 4) is 11.4 Å². The predicted molar refractivity (Wildman–Crippen MR) is 175 cm³/mol.